The van der Waals surface area contributed by atoms with Crippen molar-refractivity contribution in [2.24, 2.45) is 7.05 Å². The lowest BCUT2D eigenvalue weighted by Crippen LogP contribution is -2.48. The van der Waals surface area contributed by atoms with Crippen molar-refractivity contribution in [3.8, 4) is 0 Å². The minimum Gasteiger partial charge on any atom is -0.453 e. The lowest BCUT2D eigenvalue weighted by molar-refractivity contribution is -0.154. The molecule has 2 rings (SSSR count). The van der Waals surface area contributed by atoms with Crippen molar-refractivity contribution in [2.75, 3.05) is 0 Å². The zero-order valence-electron chi connectivity index (χ0n) is 16.6. The molecule has 0 radical (unpaired) electrons. The molecule has 0 aliphatic heterocycles. The van der Waals surface area contributed by atoms with E-state index < -0.39 is 24.0 Å². The molecule has 1 atom stereocenters. The predicted molar refractivity (Wildman–Crippen MR) is 100 cm³/mol. The van der Waals surface area contributed by atoms with Gasteiger partial charge in [0.05, 0.1) is 5.69 Å². The van der Waals surface area contributed by atoms with Gasteiger partial charge in [0.1, 0.15) is 0 Å². The molecule has 8 heteroatoms. The van der Waals surface area contributed by atoms with E-state index in [-0.39, 0.29) is 12.5 Å². The van der Waals surface area contributed by atoms with Gasteiger partial charge >= 0.3 is 12.0 Å². The normalized spacial score (nSPS) is 15.9. The molecule has 1 heterocycles. The number of esters is 1. The van der Waals surface area contributed by atoms with Crippen LogP contribution in [0.3, 0.4) is 0 Å². The summed E-state index contributed by atoms with van der Waals surface area (Å²) in [5.41, 5.74) is 2.90. The Kier molecular flexibility index (Phi) is 7.38. The maximum atomic E-state index is 12.1. The second-order valence-electron chi connectivity index (χ2n) is 7.20. The van der Waals surface area contributed by atoms with Crippen LogP contribution in [-0.4, -0.2) is 39.8 Å². The molecule has 2 N–H and O–H groups in total. The Labute approximate surface area is 160 Å². The molecule has 1 aromatic rings. The summed E-state index contributed by atoms with van der Waals surface area (Å²) in [5, 5.41) is 9.36. The number of rotatable bonds is 6. The molecule has 3 amide bonds. The van der Waals surface area contributed by atoms with Gasteiger partial charge in [-0.1, -0.05) is 19.3 Å². The van der Waals surface area contributed by atoms with Crippen LogP contribution in [-0.2, 0) is 27.8 Å². The molecule has 1 unspecified atom stereocenters. The second kappa shape index (κ2) is 9.53. The number of carbonyl (C=O) groups is 3. The number of aryl methyl sites for hydroxylation is 2. The smallest absolute Gasteiger partial charge is 0.321 e. The van der Waals surface area contributed by atoms with Gasteiger partial charge in [0.25, 0.3) is 5.91 Å². The molecule has 150 valence electrons. The average Bonchev–Trinajstić information content (AvgIpc) is 2.85. The van der Waals surface area contributed by atoms with Crippen LogP contribution in [0.2, 0.25) is 0 Å². The maximum Gasteiger partial charge on any atom is 0.321 e. The molecule has 1 aromatic heterocycles. The van der Waals surface area contributed by atoms with Gasteiger partial charge in [0.2, 0.25) is 0 Å². The highest BCUT2D eigenvalue weighted by molar-refractivity contribution is 5.97. The Morgan fingerprint density at radius 3 is 2.48 bits per heavy atom. The lowest BCUT2D eigenvalue weighted by atomic mass is 9.96. The first-order chi connectivity index (χ1) is 12.8. The lowest BCUT2D eigenvalue weighted by Gasteiger charge is -2.23. The standard InChI is InChI=1S/C19H30N4O4/c1-12-16(13(2)23(4)22-12)10-11-17(24)27-14(3)18(25)21-19(26)20-15-8-6-5-7-9-15/h14-15H,5-11H2,1-4H3,(H2,20,21,25,26). The van der Waals surface area contributed by atoms with Gasteiger partial charge in [-0.15, -0.1) is 0 Å². The van der Waals surface area contributed by atoms with Crippen molar-refractivity contribution >= 4 is 17.9 Å². The van der Waals surface area contributed by atoms with Crippen molar-refractivity contribution < 1.29 is 19.1 Å². The highest BCUT2D eigenvalue weighted by atomic mass is 16.5. The van der Waals surface area contributed by atoms with E-state index in [0.717, 1.165) is 42.6 Å². The third-order valence-corrected chi connectivity index (χ3v) is 5.09. The minimum absolute atomic E-state index is 0.107. The van der Waals surface area contributed by atoms with Crippen LogP contribution in [0.5, 0.6) is 0 Å². The Hall–Kier alpha value is -2.38. The van der Waals surface area contributed by atoms with E-state index in [2.05, 4.69) is 15.7 Å². The molecule has 0 aromatic carbocycles. The molecule has 1 fully saturated rings. The number of nitrogens with one attached hydrogen (secondary N) is 2. The third-order valence-electron chi connectivity index (χ3n) is 5.09. The van der Waals surface area contributed by atoms with Crippen LogP contribution in [0.15, 0.2) is 0 Å². The van der Waals surface area contributed by atoms with Crippen molar-refractivity contribution in [3.63, 3.8) is 0 Å². The van der Waals surface area contributed by atoms with E-state index in [1.807, 2.05) is 20.9 Å². The summed E-state index contributed by atoms with van der Waals surface area (Å²) in [6.45, 7) is 5.30. The Balaban J connectivity index is 1.74. The number of nitrogens with zero attached hydrogens (tertiary/aromatic N) is 2. The first kappa shape index (κ1) is 20.9. The average molecular weight is 378 g/mol. The number of amides is 3. The Bertz CT molecular complexity index is 692. The predicted octanol–water partition coefficient (Wildman–Crippen LogP) is 2.06. The molecule has 1 aliphatic rings. The van der Waals surface area contributed by atoms with Crippen LogP contribution in [0, 0.1) is 13.8 Å². The maximum absolute atomic E-state index is 12.1. The van der Waals surface area contributed by atoms with Crippen LogP contribution in [0.1, 0.15) is 62.4 Å². The first-order valence-electron chi connectivity index (χ1n) is 9.57. The van der Waals surface area contributed by atoms with Gasteiger partial charge in [-0.05, 0) is 45.6 Å². The van der Waals surface area contributed by atoms with Gasteiger partial charge in [-0.2, -0.15) is 5.10 Å². The van der Waals surface area contributed by atoms with Crippen molar-refractivity contribution in [2.45, 2.75) is 77.9 Å². The molecular formula is C19H30N4O4. The van der Waals surface area contributed by atoms with E-state index in [9.17, 15) is 14.4 Å². The number of hydrogen-bond acceptors (Lipinski definition) is 5. The third kappa shape index (κ3) is 6.08. The number of hydrogen-bond donors (Lipinski definition) is 2. The highest BCUT2D eigenvalue weighted by Crippen LogP contribution is 2.17. The molecule has 0 saturated heterocycles. The minimum atomic E-state index is -1.02. The molecule has 0 bridgehead atoms. The fourth-order valence-electron chi connectivity index (χ4n) is 3.40. The van der Waals surface area contributed by atoms with Gasteiger partial charge in [-0.3, -0.25) is 19.6 Å². The molecular weight excluding hydrogens is 348 g/mol. The molecule has 1 saturated carbocycles. The number of aromatic nitrogens is 2. The summed E-state index contributed by atoms with van der Waals surface area (Å²) >= 11 is 0. The summed E-state index contributed by atoms with van der Waals surface area (Å²) in [6.07, 6.45) is 4.85. The number of carbonyl (C=O) groups excluding carboxylic acids is 3. The number of urea groups is 1. The summed E-state index contributed by atoms with van der Waals surface area (Å²) in [7, 11) is 1.86. The largest absolute Gasteiger partial charge is 0.453 e. The quantitative estimate of drug-likeness (QED) is 0.738. The zero-order valence-corrected chi connectivity index (χ0v) is 16.6. The monoisotopic (exact) mass is 378 g/mol. The van der Waals surface area contributed by atoms with Crippen molar-refractivity contribution in [1.82, 2.24) is 20.4 Å². The van der Waals surface area contributed by atoms with Gasteiger partial charge in [0.15, 0.2) is 6.10 Å². The zero-order chi connectivity index (χ0) is 20.0. The van der Waals surface area contributed by atoms with E-state index in [0.29, 0.717) is 6.42 Å². The van der Waals surface area contributed by atoms with Crippen molar-refractivity contribution in [3.05, 3.63) is 17.0 Å². The first-order valence-corrected chi connectivity index (χ1v) is 9.57. The molecule has 8 nitrogen and oxygen atoms in total. The van der Waals surface area contributed by atoms with Crippen LogP contribution in [0.25, 0.3) is 0 Å². The topological polar surface area (TPSA) is 102 Å². The summed E-state index contributed by atoms with van der Waals surface area (Å²) < 4.78 is 6.93. The van der Waals surface area contributed by atoms with E-state index >= 15 is 0 Å². The van der Waals surface area contributed by atoms with Gasteiger partial charge < -0.3 is 10.1 Å². The summed E-state index contributed by atoms with van der Waals surface area (Å²) in [4.78, 5) is 36.0. The van der Waals surface area contributed by atoms with Crippen molar-refractivity contribution in [1.29, 1.82) is 0 Å². The van der Waals surface area contributed by atoms with Crippen LogP contribution < -0.4 is 10.6 Å². The van der Waals surface area contributed by atoms with Gasteiger partial charge in [0, 0.05) is 25.2 Å². The summed E-state index contributed by atoms with van der Waals surface area (Å²) in [5.74, 6) is -1.10. The number of ether oxygens (including phenoxy) is 1. The molecule has 27 heavy (non-hydrogen) atoms. The van der Waals surface area contributed by atoms with E-state index in [1.165, 1.54) is 13.3 Å². The van der Waals surface area contributed by atoms with Crippen LogP contribution in [0.4, 0.5) is 4.79 Å². The molecule has 0 spiro atoms. The fraction of sp³-hybridized carbons (Fsp3) is 0.684. The SMILES string of the molecule is Cc1nn(C)c(C)c1CCC(=O)OC(C)C(=O)NC(=O)NC1CCCCC1. The Morgan fingerprint density at radius 1 is 1.22 bits per heavy atom. The Morgan fingerprint density at radius 2 is 1.89 bits per heavy atom. The van der Waals surface area contributed by atoms with Crippen LogP contribution >= 0.6 is 0 Å². The second-order valence-corrected chi connectivity index (χ2v) is 7.20. The highest BCUT2D eigenvalue weighted by Gasteiger charge is 2.22. The molecule has 1 aliphatic carbocycles. The summed E-state index contributed by atoms with van der Waals surface area (Å²) in [6, 6.07) is -0.424. The fourth-order valence-corrected chi connectivity index (χ4v) is 3.40. The van der Waals surface area contributed by atoms with Gasteiger partial charge in [-0.25, -0.2) is 4.79 Å². The van der Waals surface area contributed by atoms with E-state index in [1.54, 1.807) is 4.68 Å². The number of imide groups is 1. The van der Waals surface area contributed by atoms with E-state index in [4.69, 9.17) is 4.74 Å².